The lowest BCUT2D eigenvalue weighted by molar-refractivity contribution is 0.262. The summed E-state index contributed by atoms with van der Waals surface area (Å²) in [7, 11) is 0. The highest BCUT2D eigenvalue weighted by Crippen LogP contribution is 2.33. The van der Waals surface area contributed by atoms with Gasteiger partial charge in [-0.2, -0.15) is 0 Å². The Morgan fingerprint density at radius 1 is 1.35 bits per heavy atom. The molecule has 0 fully saturated rings. The maximum absolute atomic E-state index is 5.74. The first-order valence-corrected chi connectivity index (χ1v) is 6.81. The molecule has 2 aromatic rings. The Kier molecular flexibility index (Phi) is 2.99. The number of benzene rings is 1. The van der Waals surface area contributed by atoms with E-state index in [-0.39, 0.29) is 0 Å². The van der Waals surface area contributed by atoms with Crippen molar-refractivity contribution in [2.45, 2.75) is 18.2 Å². The van der Waals surface area contributed by atoms with Crippen LogP contribution in [0.2, 0.25) is 0 Å². The van der Waals surface area contributed by atoms with Crippen molar-refractivity contribution in [1.82, 2.24) is 10.2 Å². The van der Waals surface area contributed by atoms with Crippen molar-refractivity contribution in [2.75, 3.05) is 6.61 Å². The van der Waals surface area contributed by atoms with Crippen LogP contribution in [0.15, 0.2) is 24.3 Å². The molecule has 3 rings (SSSR count). The monoisotopic (exact) mass is 266 g/mol. The molecule has 3 nitrogen and oxygen atoms in total. The van der Waals surface area contributed by atoms with E-state index in [1.54, 1.807) is 11.3 Å². The maximum Gasteiger partial charge on any atom is 0.132 e. The van der Waals surface area contributed by atoms with Gasteiger partial charge in [-0.1, -0.05) is 29.5 Å². The Bertz CT molecular complexity index is 529. The first-order chi connectivity index (χ1) is 8.36. The highest BCUT2D eigenvalue weighted by atomic mass is 35.5. The van der Waals surface area contributed by atoms with Gasteiger partial charge >= 0.3 is 0 Å². The van der Waals surface area contributed by atoms with Gasteiger partial charge in [0.25, 0.3) is 0 Å². The van der Waals surface area contributed by atoms with E-state index in [0.717, 1.165) is 22.2 Å². The van der Waals surface area contributed by atoms with E-state index >= 15 is 0 Å². The van der Waals surface area contributed by atoms with Gasteiger partial charge in [0.2, 0.25) is 0 Å². The lowest BCUT2D eigenvalue weighted by Crippen LogP contribution is -2.18. The molecule has 1 aromatic carbocycles. The number of rotatable bonds is 2. The molecule has 0 saturated heterocycles. The normalized spacial score (nSPS) is 18.5. The van der Waals surface area contributed by atoms with E-state index in [1.807, 2.05) is 18.2 Å². The molecule has 0 amide bonds. The van der Waals surface area contributed by atoms with Crippen LogP contribution in [-0.4, -0.2) is 16.8 Å². The zero-order valence-corrected chi connectivity index (χ0v) is 10.7. The molecule has 0 bridgehead atoms. The van der Waals surface area contributed by atoms with Crippen LogP contribution in [0.5, 0.6) is 5.75 Å². The van der Waals surface area contributed by atoms with E-state index in [9.17, 15) is 0 Å². The molecule has 1 aliphatic rings. The molecule has 2 heterocycles. The van der Waals surface area contributed by atoms with Crippen molar-refractivity contribution in [3.05, 3.63) is 39.8 Å². The lowest BCUT2D eigenvalue weighted by atomic mass is 9.97. The van der Waals surface area contributed by atoms with Crippen molar-refractivity contribution >= 4 is 22.9 Å². The molecule has 17 heavy (non-hydrogen) atoms. The predicted molar refractivity (Wildman–Crippen MR) is 67.8 cm³/mol. The Balaban J connectivity index is 1.84. The lowest BCUT2D eigenvalue weighted by Gasteiger charge is -2.23. The summed E-state index contributed by atoms with van der Waals surface area (Å²) in [5.41, 5.74) is 1.24. The molecule has 0 spiro atoms. The fraction of sp³-hybridized carbons (Fsp3) is 0.333. The SMILES string of the molecule is ClCc1nnc(C2COc3ccccc3C2)s1. The number of fused-ring (bicyclic) bond motifs is 1. The summed E-state index contributed by atoms with van der Waals surface area (Å²) in [6.07, 6.45) is 0.965. The smallest absolute Gasteiger partial charge is 0.132 e. The summed E-state index contributed by atoms with van der Waals surface area (Å²) in [5.74, 6) is 1.73. The van der Waals surface area contributed by atoms with E-state index in [2.05, 4.69) is 16.3 Å². The summed E-state index contributed by atoms with van der Waals surface area (Å²) in [5, 5.41) is 10.1. The third kappa shape index (κ3) is 2.15. The van der Waals surface area contributed by atoms with Crippen molar-refractivity contribution in [3.63, 3.8) is 0 Å². The average molecular weight is 267 g/mol. The van der Waals surface area contributed by atoms with Crippen LogP contribution in [0.3, 0.4) is 0 Å². The zero-order valence-electron chi connectivity index (χ0n) is 9.10. The van der Waals surface area contributed by atoms with Crippen molar-refractivity contribution in [3.8, 4) is 5.75 Å². The molecule has 88 valence electrons. The van der Waals surface area contributed by atoms with Gasteiger partial charge in [-0.3, -0.25) is 0 Å². The average Bonchev–Trinajstić information content (AvgIpc) is 2.87. The van der Waals surface area contributed by atoms with Crippen LogP contribution in [-0.2, 0) is 12.3 Å². The van der Waals surface area contributed by atoms with Gasteiger partial charge in [0, 0.05) is 0 Å². The molecule has 0 aliphatic carbocycles. The van der Waals surface area contributed by atoms with Gasteiger partial charge in [-0.15, -0.1) is 21.8 Å². The first-order valence-electron chi connectivity index (χ1n) is 5.46. The number of alkyl halides is 1. The number of para-hydroxylation sites is 1. The van der Waals surface area contributed by atoms with Gasteiger partial charge in [-0.25, -0.2) is 0 Å². The number of hydrogen-bond donors (Lipinski definition) is 0. The van der Waals surface area contributed by atoms with Crippen LogP contribution < -0.4 is 4.74 Å². The van der Waals surface area contributed by atoms with Crippen molar-refractivity contribution < 1.29 is 4.74 Å². The molecule has 1 unspecified atom stereocenters. The second-order valence-electron chi connectivity index (χ2n) is 3.99. The zero-order chi connectivity index (χ0) is 11.7. The van der Waals surface area contributed by atoms with Crippen molar-refractivity contribution in [2.24, 2.45) is 0 Å². The molecular formula is C12H11ClN2OS. The largest absolute Gasteiger partial charge is 0.493 e. The molecule has 1 aromatic heterocycles. The Morgan fingerprint density at radius 2 is 2.24 bits per heavy atom. The molecule has 1 atom stereocenters. The first kappa shape index (κ1) is 11.0. The van der Waals surface area contributed by atoms with E-state index in [1.165, 1.54) is 5.56 Å². The number of halogens is 1. The van der Waals surface area contributed by atoms with E-state index < -0.39 is 0 Å². The Labute approximate surface area is 108 Å². The van der Waals surface area contributed by atoms with Gasteiger partial charge in [-0.05, 0) is 18.1 Å². The highest BCUT2D eigenvalue weighted by molar-refractivity contribution is 7.11. The topological polar surface area (TPSA) is 35.0 Å². The summed E-state index contributed by atoms with van der Waals surface area (Å²) in [6.45, 7) is 0.675. The highest BCUT2D eigenvalue weighted by Gasteiger charge is 2.24. The summed E-state index contributed by atoms with van der Waals surface area (Å²) in [6, 6.07) is 8.14. The minimum atomic E-state index is 0.305. The fourth-order valence-corrected chi connectivity index (χ4v) is 2.97. The molecule has 1 aliphatic heterocycles. The molecule has 0 saturated carbocycles. The quantitative estimate of drug-likeness (QED) is 0.784. The summed E-state index contributed by atoms with van der Waals surface area (Å²) < 4.78 is 5.74. The van der Waals surface area contributed by atoms with Crippen LogP contribution in [0.4, 0.5) is 0 Å². The second-order valence-corrected chi connectivity index (χ2v) is 5.35. The molecular weight excluding hydrogens is 256 g/mol. The van der Waals surface area contributed by atoms with E-state index in [0.29, 0.717) is 18.4 Å². The van der Waals surface area contributed by atoms with Crippen molar-refractivity contribution in [1.29, 1.82) is 0 Å². The van der Waals surface area contributed by atoms with Gasteiger partial charge in [0.15, 0.2) is 0 Å². The van der Waals surface area contributed by atoms with Crippen LogP contribution >= 0.6 is 22.9 Å². The maximum atomic E-state index is 5.74. The Morgan fingerprint density at radius 3 is 3.06 bits per heavy atom. The van der Waals surface area contributed by atoms with Crippen LogP contribution in [0.1, 0.15) is 21.5 Å². The third-order valence-corrected chi connectivity index (χ3v) is 4.32. The predicted octanol–water partition coefficient (Wildman–Crippen LogP) is 3.00. The number of ether oxygens (including phenoxy) is 1. The molecule has 0 radical (unpaired) electrons. The molecule has 0 N–H and O–H groups in total. The van der Waals surface area contributed by atoms with E-state index in [4.69, 9.17) is 16.3 Å². The van der Waals surface area contributed by atoms with Crippen LogP contribution in [0.25, 0.3) is 0 Å². The fourth-order valence-electron chi connectivity index (χ4n) is 1.97. The minimum Gasteiger partial charge on any atom is -0.493 e. The molecule has 5 heteroatoms. The number of aromatic nitrogens is 2. The Hall–Kier alpha value is -1.13. The van der Waals surface area contributed by atoms with Crippen LogP contribution in [0, 0.1) is 0 Å². The van der Waals surface area contributed by atoms with Gasteiger partial charge in [0.1, 0.15) is 15.8 Å². The third-order valence-electron chi connectivity index (χ3n) is 2.82. The standard InChI is InChI=1S/C12H11ClN2OS/c13-6-11-14-15-12(17-11)9-5-8-3-1-2-4-10(8)16-7-9/h1-4,9H,5-7H2. The minimum absolute atomic E-state index is 0.305. The summed E-state index contributed by atoms with van der Waals surface area (Å²) in [4.78, 5) is 0. The second kappa shape index (κ2) is 4.63. The van der Waals surface area contributed by atoms with Gasteiger partial charge < -0.3 is 4.74 Å². The summed E-state index contributed by atoms with van der Waals surface area (Å²) >= 11 is 7.32. The number of hydrogen-bond acceptors (Lipinski definition) is 4. The van der Waals surface area contributed by atoms with Gasteiger partial charge in [0.05, 0.1) is 18.4 Å². The number of nitrogens with zero attached hydrogens (tertiary/aromatic N) is 2.